The van der Waals surface area contributed by atoms with Gasteiger partial charge >= 0.3 is 12.1 Å². The number of nitrogens with zero attached hydrogens (tertiary/aromatic N) is 1. The Kier molecular flexibility index (Phi) is 10.3. The van der Waals surface area contributed by atoms with E-state index in [1.807, 2.05) is 48.5 Å². The molecule has 0 saturated heterocycles. The maximum Gasteiger partial charge on any atom is 0.410 e. The number of amides is 2. The first-order valence-corrected chi connectivity index (χ1v) is 14.1. The van der Waals surface area contributed by atoms with Crippen molar-refractivity contribution in [1.82, 2.24) is 10.2 Å². The number of hydrogen-bond acceptors (Lipinski definition) is 5. The minimum Gasteiger partial charge on any atom is -0.469 e. The average molecular weight is 555 g/mol. The molecule has 0 saturated carbocycles. The topological polar surface area (TPSA) is 84.9 Å². The molecule has 0 fully saturated rings. The van der Waals surface area contributed by atoms with Crippen molar-refractivity contribution in [3.8, 4) is 11.1 Å². The van der Waals surface area contributed by atoms with Gasteiger partial charge in [-0.3, -0.25) is 9.59 Å². The first kappa shape index (κ1) is 29.6. The Labute approximate surface area is 242 Å². The molecule has 0 unspecified atom stereocenters. The fourth-order valence-electron chi connectivity index (χ4n) is 5.00. The van der Waals surface area contributed by atoms with Gasteiger partial charge in [0.05, 0.1) is 13.0 Å². The van der Waals surface area contributed by atoms with Gasteiger partial charge in [-0.1, -0.05) is 85.3 Å². The summed E-state index contributed by atoms with van der Waals surface area (Å²) in [4.78, 5) is 40.2. The Morgan fingerprint density at radius 3 is 2.37 bits per heavy atom. The van der Waals surface area contributed by atoms with E-state index in [9.17, 15) is 14.4 Å². The monoisotopic (exact) mass is 554 g/mol. The molecule has 0 aromatic heterocycles. The molecule has 41 heavy (non-hydrogen) atoms. The van der Waals surface area contributed by atoms with Crippen LogP contribution in [0.25, 0.3) is 11.1 Å². The number of hydrogen-bond donors (Lipinski definition) is 1. The van der Waals surface area contributed by atoms with E-state index in [4.69, 9.17) is 9.47 Å². The van der Waals surface area contributed by atoms with E-state index >= 15 is 0 Å². The Morgan fingerprint density at radius 1 is 0.927 bits per heavy atom. The lowest BCUT2D eigenvalue weighted by molar-refractivity contribution is -0.146. The third-order valence-electron chi connectivity index (χ3n) is 7.45. The van der Waals surface area contributed by atoms with Crippen LogP contribution in [0.2, 0.25) is 0 Å². The van der Waals surface area contributed by atoms with Gasteiger partial charge in [-0.15, -0.1) is 0 Å². The van der Waals surface area contributed by atoms with Crippen LogP contribution < -0.4 is 5.32 Å². The van der Waals surface area contributed by atoms with E-state index in [0.29, 0.717) is 31.5 Å². The van der Waals surface area contributed by atoms with Crippen LogP contribution in [0.1, 0.15) is 48.2 Å². The van der Waals surface area contributed by atoms with Crippen molar-refractivity contribution in [2.24, 2.45) is 5.92 Å². The summed E-state index contributed by atoms with van der Waals surface area (Å²) >= 11 is 0. The minimum atomic E-state index is -0.605. The Hall–Kier alpha value is -4.39. The molecule has 0 radical (unpaired) electrons. The second kappa shape index (κ2) is 14.3. The lowest BCUT2D eigenvalue weighted by Crippen LogP contribution is -2.43. The highest BCUT2D eigenvalue weighted by Gasteiger charge is 2.30. The molecule has 3 aromatic rings. The normalized spacial score (nSPS) is 14.4. The summed E-state index contributed by atoms with van der Waals surface area (Å²) in [6.45, 7) is 5.04. The third-order valence-corrected chi connectivity index (χ3v) is 7.45. The highest BCUT2D eigenvalue weighted by Crippen LogP contribution is 2.24. The van der Waals surface area contributed by atoms with Gasteiger partial charge < -0.3 is 19.7 Å². The van der Waals surface area contributed by atoms with E-state index < -0.39 is 17.9 Å². The summed E-state index contributed by atoms with van der Waals surface area (Å²) in [6.07, 6.45) is 3.65. The van der Waals surface area contributed by atoms with Gasteiger partial charge in [-0.2, -0.15) is 0 Å². The molecular formula is C34H38N2O5. The van der Waals surface area contributed by atoms with Crippen molar-refractivity contribution in [3.05, 3.63) is 107 Å². The van der Waals surface area contributed by atoms with Crippen LogP contribution in [0.5, 0.6) is 0 Å². The van der Waals surface area contributed by atoms with Crippen molar-refractivity contribution < 1.29 is 23.9 Å². The number of esters is 1. The molecule has 0 aliphatic carbocycles. The summed E-state index contributed by atoms with van der Waals surface area (Å²) < 4.78 is 10.6. The SMILES string of the molecule is CCc1cccc(-c2ccc(C(=O)N[C@H](C)[C@@H](CC3=CCCN(C(=O)OCc4ccccc4)C3)C(=O)OC)cc2)c1. The number of nitrogens with one attached hydrogen (secondary N) is 1. The molecule has 7 heteroatoms. The lowest BCUT2D eigenvalue weighted by atomic mass is 9.91. The summed E-state index contributed by atoms with van der Waals surface area (Å²) in [5, 5.41) is 2.98. The second-order valence-electron chi connectivity index (χ2n) is 10.3. The van der Waals surface area contributed by atoms with E-state index in [-0.39, 0.29) is 18.6 Å². The van der Waals surface area contributed by atoms with E-state index in [1.54, 1.807) is 24.0 Å². The largest absolute Gasteiger partial charge is 0.469 e. The van der Waals surface area contributed by atoms with Gasteiger partial charge in [0.25, 0.3) is 5.91 Å². The molecule has 1 N–H and O–H groups in total. The zero-order chi connectivity index (χ0) is 29.2. The fourth-order valence-corrected chi connectivity index (χ4v) is 5.00. The smallest absolute Gasteiger partial charge is 0.410 e. The highest BCUT2D eigenvalue weighted by molar-refractivity contribution is 5.95. The molecule has 1 heterocycles. The number of carbonyl (C=O) groups is 3. The van der Waals surface area contributed by atoms with Gasteiger partial charge in [-0.25, -0.2) is 4.79 Å². The summed E-state index contributed by atoms with van der Waals surface area (Å²) in [6, 6.07) is 24.9. The van der Waals surface area contributed by atoms with Crippen LogP contribution in [0.15, 0.2) is 90.5 Å². The number of rotatable bonds is 10. The fraction of sp³-hybridized carbons (Fsp3) is 0.324. The van der Waals surface area contributed by atoms with Gasteiger partial charge in [-0.05, 0) is 60.6 Å². The standard InChI is InChI=1S/C34H38N2O5/c1-4-25-12-8-14-30(20-25)28-15-17-29(18-16-28)32(37)35-24(2)31(33(38)40-3)21-27-13-9-19-36(22-27)34(39)41-23-26-10-6-5-7-11-26/h5-8,10-18,20,24,31H,4,9,19,21-23H2,1-3H3,(H,35,37)/t24-,31-/m1/s1. The van der Waals surface area contributed by atoms with Crippen molar-refractivity contribution >= 4 is 18.0 Å². The molecule has 4 rings (SSSR count). The molecule has 0 spiro atoms. The third kappa shape index (κ3) is 8.07. The van der Waals surface area contributed by atoms with Crippen molar-refractivity contribution in [2.75, 3.05) is 20.2 Å². The van der Waals surface area contributed by atoms with Crippen molar-refractivity contribution in [3.63, 3.8) is 0 Å². The van der Waals surface area contributed by atoms with Crippen molar-refractivity contribution in [1.29, 1.82) is 0 Å². The van der Waals surface area contributed by atoms with Gasteiger partial charge in [0.15, 0.2) is 0 Å². The number of ether oxygens (including phenoxy) is 2. The van der Waals surface area contributed by atoms with Crippen LogP contribution in [-0.2, 0) is 27.3 Å². The highest BCUT2D eigenvalue weighted by atomic mass is 16.6. The maximum atomic E-state index is 13.1. The van der Waals surface area contributed by atoms with E-state index in [1.165, 1.54) is 12.7 Å². The van der Waals surface area contributed by atoms with E-state index in [2.05, 4.69) is 36.5 Å². The molecule has 214 valence electrons. The van der Waals surface area contributed by atoms with Crippen LogP contribution in [0.3, 0.4) is 0 Å². The number of carbonyl (C=O) groups excluding carboxylic acids is 3. The van der Waals surface area contributed by atoms with Crippen LogP contribution >= 0.6 is 0 Å². The maximum absolute atomic E-state index is 13.1. The Bertz CT molecular complexity index is 1370. The van der Waals surface area contributed by atoms with Gasteiger partial charge in [0, 0.05) is 24.7 Å². The van der Waals surface area contributed by atoms with Gasteiger partial charge in [0.2, 0.25) is 0 Å². The van der Waals surface area contributed by atoms with E-state index in [0.717, 1.165) is 28.7 Å². The van der Waals surface area contributed by atoms with Crippen LogP contribution in [-0.4, -0.2) is 49.1 Å². The lowest BCUT2D eigenvalue weighted by Gasteiger charge is -2.30. The number of benzene rings is 3. The Morgan fingerprint density at radius 2 is 1.66 bits per heavy atom. The first-order chi connectivity index (χ1) is 19.9. The number of aryl methyl sites for hydroxylation is 1. The predicted octanol–water partition coefficient (Wildman–Crippen LogP) is 6.18. The summed E-state index contributed by atoms with van der Waals surface area (Å²) in [7, 11) is 1.35. The van der Waals surface area contributed by atoms with Crippen LogP contribution in [0, 0.1) is 5.92 Å². The molecule has 7 nitrogen and oxygen atoms in total. The summed E-state index contributed by atoms with van der Waals surface area (Å²) in [5.74, 6) is -1.27. The molecule has 3 aromatic carbocycles. The molecule has 1 aliphatic rings. The second-order valence-corrected chi connectivity index (χ2v) is 10.3. The number of methoxy groups -OCH3 is 1. The summed E-state index contributed by atoms with van der Waals surface area (Å²) in [5.41, 5.74) is 5.77. The predicted molar refractivity (Wildman–Crippen MR) is 159 cm³/mol. The molecular weight excluding hydrogens is 516 g/mol. The molecule has 1 aliphatic heterocycles. The Balaban J connectivity index is 1.36. The van der Waals surface area contributed by atoms with Gasteiger partial charge in [0.1, 0.15) is 6.61 Å². The molecule has 0 bridgehead atoms. The zero-order valence-electron chi connectivity index (χ0n) is 24.0. The minimum absolute atomic E-state index is 0.204. The quantitative estimate of drug-likeness (QED) is 0.239. The van der Waals surface area contributed by atoms with Crippen LogP contribution in [0.4, 0.5) is 4.79 Å². The zero-order valence-corrected chi connectivity index (χ0v) is 24.0. The molecule has 2 amide bonds. The molecule has 2 atom stereocenters. The first-order valence-electron chi connectivity index (χ1n) is 14.1. The average Bonchev–Trinajstić information content (AvgIpc) is 3.02. The van der Waals surface area contributed by atoms with Crippen molar-refractivity contribution in [2.45, 2.75) is 45.8 Å².